The Morgan fingerprint density at radius 2 is 2.11 bits per heavy atom. The topological polar surface area (TPSA) is 55.1 Å². The smallest absolute Gasteiger partial charge is 0.273 e. The number of hydrogen-bond acceptors (Lipinski definition) is 3. The van der Waals surface area contributed by atoms with Crippen LogP contribution in [-0.2, 0) is 0 Å². The van der Waals surface area contributed by atoms with E-state index in [-0.39, 0.29) is 29.4 Å². The SMILES string of the molecule is O=C(N[C@@H]1C[C@H]1c1ccc(F)cc1)c1ccon1. The minimum Gasteiger partial charge on any atom is -0.364 e. The number of aromatic nitrogens is 1. The molecule has 0 aliphatic heterocycles. The highest BCUT2D eigenvalue weighted by molar-refractivity contribution is 5.92. The molecule has 92 valence electrons. The second-order valence-corrected chi connectivity index (χ2v) is 4.36. The van der Waals surface area contributed by atoms with Gasteiger partial charge < -0.3 is 9.84 Å². The van der Waals surface area contributed by atoms with Crippen LogP contribution in [0.4, 0.5) is 4.39 Å². The van der Waals surface area contributed by atoms with Crippen LogP contribution in [0.15, 0.2) is 41.1 Å². The summed E-state index contributed by atoms with van der Waals surface area (Å²) in [5.41, 5.74) is 1.32. The zero-order valence-corrected chi connectivity index (χ0v) is 9.47. The fourth-order valence-corrected chi connectivity index (χ4v) is 2.00. The lowest BCUT2D eigenvalue weighted by atomic mass is 10.1. The summed E-state index contributed by atoms with van der Waals surface area (Å²) in [6.45, 7) is 0. The quantitative estimate of drug-likeness (QED) is 0.902. The van der Waals surface area contributed by atoms with Crippen molar-refractivity contribution in [3.8, 4) is 0 Å². The molecule has 18 heavy (non-hydrogen) atoms. The van der Waals surface area contributed by atoms with Crippen molar-refractivity contribution in [1.29, 1.82) is 0 Å². The molecule has 1 amide bonds. The highest BCUT2D eigenvalue weighted by Gasteiger charge is 2.39. The van der Waals surface area contributed by atoms with E-state index in [4.69, 9.17) is 0 Å². The Bertz CT molecular complexity index is 551. The van der Waals surface area contributed by atoms with Gasteiger partial charge in [-0.3, -0.25) is 4.79 Å². The number of halogens is 1. The number of nitrogens with one attached hydrogen (secondary N) is 1. The van der Waals surface area contributed by atoms with E-state index in [0.717, 1.165) is 12.0 Å². The van der Waals surface area contributed by atoms with Crippen LogP contribution in [0.1, 0.15) is 28.4 Å². The Kier molecular flexibility index (Phi) is 2.59. The van der Waals surface area contributed by atoms with E-state index in [9.17, 15) is 9.18 Å². The van der Waals surface area contributed by atoms with E-state index in [1.165, 1.54) is 24.5 Å². The predicted octanol–water partition coefficient (Wildman–Crippen LogP) is 2.10. The van der Waals surface area contributed by atoms with Gasteiger partial charge in [-0.2, -0.15) is 0 Å². The monoisotopic (exact) mass is 246 g/mol. The molecule has 1 N–H and O–H groups in total. The van der Waals surface area contributed by atoms with E-state index < -0.39 is 0 Å². The van der Waals surface area contributed by atoms with Crippen LogP contribution < -0.4 is 5.32 Å². The lowest BCUT2D eigenvalue weighted by Gasteiger charge is -2.02. The highest BCUT2D eigenvalue weighted by atomic mass is 19.1. The second kappa shape index (κ2) is 4.25. The fourth-order valence-electron chi connectivity index (χ4n) is 2.00. The number of carbonyl (C=O) groups is 1. The van der Waals surface area contributed by atoms with E-state index in [1.54, 1.807) is 12.1 Å². The lowest BCUT2D eigenvalue weighted by Crippen LogP contribution is -2.26. The van der Waals surface area contributed by atoms with Gasteiger partial charge in [0.05, 0.1) is 0 Å². The second-order valence-electron chi connectivity index (χ2n) is 4.36. The molecular weight excluding hydrogens is 235 g/mol. The van der Waals surface area contributed by atoms with Crippen LogP contribution in [0.25, 0.3) is 0 Å². The van der Waals surface area contributed by atoms with Crippen molar-refractivity contribution >= 4 is 5.91 Å². The molecule has 1 aliphatic carbocycles. The Labute approximate surface area is 103 Å². The van der Waals surface area contributed by atoms with Gasteiger partial charge in [0.15, 0.2) is 5.69 Å². The normalized spacial score (nSPS) is 21.6. The summed E-state index contributed by atoms with van der Waals surface area (Å²) >= 11 is 0. The van der Waals surface area contributed by atoms with Crippen molar-refractivity contribution < 1.29 is 13.7 Å². The lowest BCUT2D eigenvalue weighted by molar-refractivity contribution is 0.0941. The van der Waals surface area contributed by atoms with Crippen LogP contribution in [0, 0.1) is 5.82 Å². The van der Waals surface area contributed by atoms with Gasteiger partial charge in [-0.1, -0.05) is 17.3 Å². The maximum Gasteiger partial charge on any atom is 0.273 e. The molecule has 1 fully saturated rings. The molecule has 0 saturated heterocycles. The maximum atomic E-state index is 12.8. The fraction of sp³-hybridized carbons (Fsp3) is 0.231. The molecule has 1 aromatic carbocycles. The number of amides is 1. The number of benzene rings is 1. The van der Waals surface area contributed by atoms with Crippen LogP contribution in [0.3, 0.4) is 0 Å². The molecule has 1 aromatic heterocycles. The van der Waals surface area contributed by atoms with E-state index in [2.05, 4.69) is 15.0 Å². The largest absolute Gasteiger partial charge is 0.364 e. The average Bonchev–Trinajstić information content (AvgIpc) is 2.92. The zero-order chi connectivity index (χ0) is 12.5. The average molecular weight is 246 g/mol. The molecule has 3 rings (SSSR count). The van der Waals surface area contributed by atoms with E-state index in [0.29, 0.717) is 0 Å². The van der Waals surface area contributed by atoms with Gasteiger partial charge in [-0.25, -0.2) is 4.39 Å². The first-order chi connectivity index (χ1) is 8.74. The van der Waals surface area contributed by atoms with Gasteiger partial charge in [-0.05, 0) is 24.1 Å². The number of carbonyl (C=O) groups excluding carboxylic acids is 1. The van der Waals surface area contributed by atoms with Crippen LogP contribution in [0.5, 0.6) is 0 Å². The third kappa shape index (κ3) is 2.11. The summed E-state index contributed by atoms with van der Waals surface area (Å²) in [7, 11) is 0. The third-order valence-corrected chi connectivity index (χ3v) is 3.08. The summed E-state index contributed by atoms with van der Waals surface area (Å²) < 4.78 is 17.4. The molecule has 0 radical (unpaired) electrons. The maximum absolute atomic E-state index is 12.8. The number of hydrogen-bond donors (Lipinski definition) is 1. The minimum absolute atomic E-state index is 0.0969. The molecule has 0 spiro atoms. The molecule has 1 aliphatic rings. The van der Waals surface area contributed by atoms with Crippen LogP contribution >= 0.6 is 0 Å². The molecule has 1 saturated carbocycles. The highest BCUT2D eigenvalue weighted by Crippen LogP contribution is 2.40. The molecule has 4 nitrogen and oxygen atoms in total. The first kappa shape index (κ1) is 11.0. The van der Waals surface area contributed by atoms with Gasteiger partial charge in [0.25, 0.3) is 5.91 Å². The molecule has 2 aromatic rings. The van der Waals surface area contributed by atoms with Crippen molar-refractivity contribution in [3.05, 3.63) is 53.7 Å². The Morgan fingerprint density at radius 3 is 2.78 bits per heavy atom. The zero-order valence-electron chi connectivity index (χ0n) is 9.47. The van der Waals surface area contributed by atoms with Crippen LogP contribution in [0.2, 0.25) is 0 Å². The Morgan fingerprint density at radius 1 is 1.33 bits per heavy atom. The van der Waals surface area contributed by atoms with Crippen molar-refractivity contribution in [2.24, 2.45) is 0 Å². The van der Waals surface area contributed by atoms with Crippen molar-refractivity contribution in [1.82, 2.24) is 10.5 Å². The molecular formula is C13H11FN2O2. The first-order valence-corrected chi connectivity index (χ1v) is 5.71. The van der Waals surface area contributed by atoms with E-state index >= 15 is 0 Å². The Balaban J connectivity index is 1.61. The van der Waals surface area contributed by atoms with Gasteiger partial charge in [0, 0.05) is 18.0 Å². The summed E-state index contributed by atoms with van der Waals surface area (Å²) in [6.07, 6.45) is 2.23. The van der Waals surface area contributed by atoms with Gasteiger partial charge in [0.1, 0.15) is 12.1 Å². The van der Waals surface area contributed by atoms with Gasteiger partial charge in [0.2, 0.25) is 0 Å². The third-order valence-electron chi connectivity index (χ3n) is 3.08. The molecule has 0 unspecified atom stereocenters. The van der Waals surface area contributed by atoms with Crippen molar-refractivity contribution in [3.63, 3.8) is 0 Å². The Hall–Kier alpha value is -2.17. The van der Waals surface area contributed by atoms with Crippen LogP contribution in [-0.4, -0.2) is 17.1 Å². The summed E-state index contributed by atoms with van der Waals surface area (Å²) in [4.78, 5) is 11.7. The summed E-state index contributed by atoms with van der Waals surface area (Å²) in [5.74, 6) is -0.220. The molecule has 2 atom stereocenters. The molecule has 0 bridgehead atoms. The van der Waals surface area contributed by atoms with Gasteiger partial charge in [-0.15, -0.1) is 0 Å². The first-order valence-electron chi connectivity index (χ1n) is 5.71. The molecule has 1 heterocycles. The van der Waals surface area contributed by atoms with E-state index in [1.807, 2.05) is 0 Å². The van der Waals surface area contributed by atoms with Crippen molar-refractivity contribution in [2.45, 2.75) is 18.4 Å². The number of rotatable bonds is 3. The standard InChI is InChI=1S/C13H11FN2O2/c14-9-3-1-8(2-4-9)10-7-12(10)15-13(17)11-5-6-18-16-11/h1-6,10,12H,7H2,(H,15,17)/t10-,12+/m0/s1. The van der Waals surface area contributed by atoms with Gasteiger partial charge >= 0.3 is 0 Å². The predicted molar refractivity (Wildman–Crippen MR) is 61.5 cm³/mol. The molecule has 5 heteroatoms. The minimum atomic E-state index is -0.248. The van der Waals surface area contributed by atoms with Crippen molar-refractivity contribution in [2.75, 3.05) is 0 Å². The number of nitrogens with zero attached hydrogens (tertiary/aromatic N) is 1. The summed E-state index contributed by atoms with van der Waals surface area (Å²) in [5, 5.41) is 6.43. The summed E-state index contributed by atoms with van der Waals surface area (Å²) in [6, 6.07) is 7.99.